The van der Waals surface area contributed by atoms with E-state index in [0.717, 1.165) is 6.26 Å². The minimum absolute atomic E-state index is 0.117. The molecule has 1 aromatic rings. The molecule has 0 aromatic carbocycles. The third kappa shape index (κ3) is 5.20. The number of carbonyl (C=O) groups is 1. The molecule has 1 unspecified atom stereocenters. The van der Waals surface area contributed by atoms with Crippen LogP contribution in [0.15, 0.2) is 0 Å². The molecule has 1 aliphatic rings. The van der Waals surface area contributed by atoms with Crippen LogP contribution >= 0.6 is 11.6 Å². The highest BCUT2D eigenvalue weighted by Crippen LogP contribution is 2.08. The zero-order valence-electron chi connectivity index (χ0n) is 12.1. The van der Waals surface area contributed by atoms with Gasteiger partial charge in [0.25, 0.3) is 0 Å². The first-order valence-corrected chi connectivity index (χ1v) is 8.97. The summed E-state index contributed by atoms with van der Waals surface area (Å²) in [6.45, 7) is 1.18. The van der Waals surface area contributed by atoms with Crippen molar-refractivity contribution in [3.8, 4) is 0 Å². The molecule has 2 heterocycles. The van der Waals surface area contributed by atoms with E-state index >= 15 is 0 Å². The summed E-state index contributed by atoms with van der Waals surface area (Å²) in [5, 5.41) is 9.12. The monoisotopic (exact) mass is 351 g/mol. The van der Waals surface area contributed by atoms with Gasteiger partial charge in [-0.25, -0.2) is 13.4 Å². The molecule has 0 aliphatic carbocycles. The number of aryl methyl sites for hydroxylation is 1. The van der Waals surface area contributed by atoms with Crippen molar-refractivity contribution in [1.29, 1.82) is 0 Å². The summed E-state index contributed by atoms with van der Waals surface area (Å²) in [4.78, 5) is 15.6. The quantitative estimate of drug-likeness (QED) is 0.690. The summed E-state index contributed by atoms with van der Waals surface area (Å²) in [5.74, 6) is 0.366. The summed E-state index contributed by atoms with van der Waals surface area (Å²) in [6.07, 6.45) is 1.45. The van der Waals surface area contributed by atoms with Crippen LogP contribution in [-0.2, 0) is 26.0 Å². The van der Waals surface area contributed by atoms with E-state index in [1.165, 1.54) is 4.31 Å². The highest BCUT2D eigenvalue weighted by molar-refractivity contribution is 7.88. The molecule has 1 aromatic heterocycles. The fourth-order valence-corrected chi connectivity index (χ4v) is 3.04. The van der Waals surface area contributed by atoms with Gasteiger partial charge in [-0.05, 0) is 11.6 Å². The van der Waals surface area contributed by atoms with Gasteiger partial charge in [0.05, 0.1) is 19.0 Å². The van der Waals surface area contributed by atoms with E-state index < -0.39 is 10.0 Å². The largest absolute Gasteiger partial charge is 0.374 e. The first kappa shape index (κ1) is 17.1. The number of aromatic amines is 1. The summed E-state index contributed by atoms with van der Waals surface area (Å²) in [6, 6.07) is 0. The molecular formula is C11H18ClN5O4S. The van der Waals surface area contributed by atoms with Crippen LogP contribution in [0.3, 0.4) is 0 Å². The topological polar surface area (TPSA) is 117 Å². The number of hydrogen-bond donors (Lipinski definition) is 2. The molecule has 1 aliphatic heterocycles. The molecule has 0 spiro atoms. The highest BCUT2D eigenvalue weighted by atomic mass is 35.5. The summed E-state index contributed by atoms with van der Waals surface area (Å²) >= 11 is 5.56. The fourth-order valence-electron chi connectivity index (χ4n) is 2.05. The number of morpholine rings is 1. The third-order valence-electron chi connectivity index (χ3n) is 3.19. The Balaban J connectivity index is 1.71. The first-order chi connectivity index (χ1) is 10.3. The molecule has 9 nitrogen and oxygen atoms in total. The lowest BCUT2D eigenvalue weighted by Gasteiger charge is -2.31. The van der Waals surface area contributed by atoms with Crippen molar-refractivity contribution in [2.24, 2.45) is 0 Å². The zero-order chi connectivity index (χ0) is 16.2. The predicted molar refractivity (Wildman–Crippen MR) is 78.9 cm³/mol. The Morgan fingerprint density at radius 1 is 1.59 bits per heavy atom. The molecule has 2 rings (SSSR count). The lowest BCUT2D eigenvalue weighted by atomic mass is 10.2. The normalized spacial score (nSPS) is 20.0. The molecule has 1 fully saturated rings. The highest BCUT2D eigenvalue weighted by Gasteiger charge is 2.26. The van der Waals surface area contributed by atoms with Crippen molar-refractivity contribution in [1.82, 2.24) is 24.8 Å². The average Bonchev–Trinajstić information content (AvgIpc) is 2.88. The maximum Gasteiger partial charge on any atom is 0.242 e. The van der Waals surface area contributed by atoms with E-state index in [0.29, 0.717) is 25.4 Å². The van der Waals surface area contributed by atoms with Crippen LogP contribution < -0.4 is 5.32 Å². The van der Waals surface area contributed by atoms with Crippen LogP contribution in [0.25, 0.3) is 0 Å². The Labute approximate surface area is 133 Å². The van der Waals surface area contributed by atoms with Crippen LogP contribution in [0.4, 0.5) is 0 Å². The van der Waals surface area contributed by atoms with Gasteiger partial charge in [-0.1, -0.05) is 0 Å². The number of ether oxygens (including phenoxy) is 1. The standard InChI is InChI=1S/C11H18ClN5O4S/c1-22(19,20)17-4-5-21-8(7-17)6-13-10(18)3-2-9-14-11(12)16-15-9/h8H,2-7H2,1H3,(H,13,18)(H,14,15,16). The maximum atomic E-state index is 11.8. The Morgan fingerprint density at radius 2 is 2.36 bits per heavy atom. The molecule has 1 saturated heterocycles. The van der Waals surface area contributed by atoms with Crippen molar-refractivity contribution in [3.05, 3.63) is 11.1 Å². The molecule has 124 valence electrons. The average molecular weight is 352 g/mol. The number of nitrogens with one attached hydrogen (secondary N) is 2. The SMILES string of the molecule is CS(=O)(=O)N1CCOC(CNC(=O)CCc2nc(Cl)n[nH]2)C1. The summed E-state index contributed by atoms with van der Waals surface area (Å²) < 4.78 is 29.8. The molecule has 22 heavy (non-hydrogen) atoms. The second-order valence-electron chi connectivity index (χ2n) is 4.97. The van der Waals surface area contributed by atoms with Crippen molar-refractivity contribution in [3.63, 3.8) is 0 Å². The number of sulfonamides is 1. The molecule has 1 amide bonds. The van der Waals surface area contributed by atoms with Crippen LogP contribution in [-0.4, -0.2) is 72.4 Å². The predicted octanol–water partition coefficient (Wildman–Crippen LogP) is -0.833. The second-order valence-corrected chi connectivity index (χ2v) is 7.29. The molecule has 0 bridgehead atoms. The molecule has 1 atom stereocenters. The fraction of sp³-hybridized carbons (Fsp3) is 0.727. The summed E-state index contributed by atoms with van der Waals surface area (Å²) in [5.41, 5.74) is 0. The minimum Gasteiger partial charge on any atom is -0.374 e. The Morgan fingerprint density at radius 3 is 3.00 bits per heavy atom. The van der Waals surface area contributed by atoms with Crippen molar-refractivity contribution >= 4 is 27.5 Å². The van der Waals surface area contributed by atoms with Gasteiger partial charge in [0.15, 0.2) is 0 Å². The minimum atomic E-state index is -3.23. The van der Waals surface area contributed by atoms with Gasteiger partial charge in [-0.3, -0.25) is 9.89 Å². The van der Waals surface area contributed by atoms with Crippen LogP contribution in [0, 0.1) is 0 Å². The number of rotatable bonds is 6. The smallest absolute Gasteiger partial charge is 0.242 e. The summed E-state index contributed by atoms with van der Waals surface area (Å²) in [7, 11) is -3.23. The van der Waals surface area contributed by atoms with Crippen molar-refractivity contribution in [2.75, 3.05) is 32.5 Å². The van der Waals surface area contributed by atoms with Crippen molar-refractivity contribution in [2.45, 2.75) is 18.9 Å². The van der Waals surface area contributed by atoms with Crippen LogP contribution in [0.1, 0.15) is 12.2 Å². The third-order valence-corrected chi connectivity index (χ3v) is 4.63. The Bertz CT molecular complexity index is 620. The Kier molecular flexibility index (Phi) is 5.73. The van der Waals surface area contributed by atoms with Crippen LogP contribution in [0.2, 0.25) is 5.28 Å². The molecular weight excluding hydrogens is 334 g/mol. The van der Waals surface area contributed by atoms with Crippen molar-refractivity contribution < 1.29 is 17.9 Å². The second kappa shape index (κ2) is 7.36. The van der Waals surface area contributed by atoms with Gasteiger partial charge in [0, 0.05) is 32.5 Å². The van der Waals surface area contributed by atoms with Gasteiger partial charge in [-0.2, -0.15) is 4.31 Å². The van der Waals surface area contributed by atoms with Gasteiger partial charge in [0.2, 0.25) is 21.2 Å². The number of halogens is 1. The molecule has 0 radical (unpaired) electrons. The number of H-pyrrole nitrogens is 1. The van der Waals surface area contributed by atoms with Gasteiger partial charge < -0.3 is 10.1 Å². The van der Waals surface area contributed by atoms with E-state index in [4.69, 9.17) is 16.3 Å². The van der Waals surface area contributed by atoms with Gasteiger partial charge in [-0.15, -0.1) is 5.10 Å². The maximum absolute atomic E-state index is 11.8. The molecule has 2 N–H and O–H groups in total. The first-order valence-electron chi connectivity index (χ1n) is 6.75. The Hall–Kier alpha value is -1.23. The van der Waals surface area contributed by atoms with Crippen LogP contribution in [0.5, 0.6) is 0 Å². The lowest BCUT2D eigenvalue weighted by molar-refractivity contribution is -0.122. The number of carbonyl (C=O) groups excluding carboxylic acids is 1. The number of amides is 1. The number of aromatic nitrogens is 3. The lowest BCUT2D eigenvalue weighted by Crippen LogP contribution is -2.49. The van der Waals surface area contributed by atoms with E-state index in [2.05, 4.69) is 20.5 Å². The zero-order valence-corrected chi connectivity index (χ0v) is 13.7. The van der Waals surface area contributed by atoms with E-state index in [1.54, 1.807) is 0 Å². The van der Waals surface area contributed by atoms with Gasteiger partial charge in [0.1, 0.15) is 5.82 Å². The van der Waals surface area contributed by atoms with Gasteiger partial charge >= 0.3 is 0 Å². The number of hydrogen-bond acceptors (Lipinski definition) is 6. The molecule has 11 heteroatoms. The molecule has 0 saturated carbocycles. The van der Waals surface area contributed by atoms with E-state index in [9.17, 15) is 13.2 Å². The number of nitrogens with zero attached hydrogens (tertiary/aromatic N) is 3. The van der Waals surface area contributed by atoms with E-state index in [1.807, 2.05) is 0 Å². The van der Waals surface area contributed by atoms with E-state index in [-0.39, 0.29) is 36.8 Å².